The lowest BCUT2D eigenvalue weighted by molar-refractivity contribution is -0.136. The van der Waals surface area contributed by atoms with Gasteiger partial charge in [0.1, 0.15) is 5.75 Å². The van der Waals surface area contributed by atoms with Crippen LogP contribution >= 0.6 is 11.6 Å². The number of anilines is 1. The summed E-state index contributed by atoms with van der Waals surface area (Å²) in [7, 11) is 0. The molecule has 0 saturated heterocycles. The van der Waals surface area contributed by atoms with Crippen molar-refractivity contribution in [1.82, 2.24) is 4.98 Å². The number of aryl methyl sites for hydroxylation is 1. The number of nitrogens with zero attached hydrogens (tertiary/aromatic N) is 1. The summed E-state index contributed by atoms with van der Waals surface area (Å²) in [5.74, 6) is -1.02. The number of aromatic nitrogens is 1. The minimum atomic E-state index is -0.909. The highest BCUT2D eigenvalue weighted by Gasteiger charge is 2.26. The second kappa shape index (κ2) is 9.32. The number of nitrogens with one attached hydrogen (secondary N) is 1. The van der Waals surface area contributed by atoms with Crippen LogP contribution in [-0.2, 0) is 16.0 Å². The first-order valence-electron chi connectivity index (χ1n) is 11.2. The summed E-state index contributed by atoms with van der Waals surface area (Å²) in [5, 5.41) is 22.6. The number of carbonyl (C=O) groups is 2. The molecule has 1 amide bonds. The van der Waals surface area contributed by atoms with Crippen LogP contribution in [0.4, 0.5) is 5.69 Å². The Kier molecular flexibility index (Phi) is 6.04. The predicted molar refractivity (Wildman–Crippen MR) is 141 cm³/mol. The van der Waals surface area contributed by atoms with Crippen LogP contribution < -0.4 is 5.32 Å². The molecule has 0 saturated carbocycles. The van der Waals surface area contributed by atoms with Gasteiger partial charge in [0, 0.05) is 34.0 Å². The van der Waals surface area contributed by atoms with Crippen molar-refractivity contribution < 1.29 is 19.8 Å². The van der Waals surface area contributed by atoms with Crippen molar-refractivity contribution in [2.24, 2.45) is 0 Å². The Morgan fingerprint density at radius 1 is 1.03 bits per heavy atom. The smallest absolute Gasteiger partial charge is 0.307 e. The molecular formula is C29H21ClN2O4. The molecule has 3 N–H and O–H groups in total. The van der Waals surface area contributed by atoms with E-state index in [2.05, 4.69) is 10.3 Å². The number of pyridine rings is 1. The number of amides is 1. The van der Waals surface area contributed by atoms with Crippen LogP contribution in [0.1, 0.15) is 22.3 Å². The van der Waals surface area contributed by atoms with E-state index in [1.807, 2.05) is 43.3 Å². The van der Waals surface area contributed by atoms with E-state index < -0.39 is 5.97 Å². The molecule has 4 aromatic rings. The minimum absolute atomic E-state index is 0.0882. The van der Waals surface area contributed by atoms with Gasteiger partial charge in [0.15, 0.2) is 0 Å². The van der Waals surface area contributed by atoms with Gasteiger partial charge in [-0.05, 0) is 60.0 Å². The van der Waals surface area contributed by atoms with Crippen LogP contribution in [-0.4, -0.2) is 27.1 Å². The number of aromatic hydroxyl groups is 1. The van der Waals surface area contributed by atoms with Crippen molar-refractivity contribution in [1.29, 1.82) is 0 Å². The number of fused-ring (bicyclic) bond motifs is 1. The normalized spacial score (nSPS) is 13.5. The molecule has 7 heteroatoms. The first-order valence-corrected chi connectivity index (χ1v) is 11.6. The molecule has 0 spiro atoms. The fourth-order valence-corrected chi connectivity index (χ4v) is 4.55. The standard InChI is InChI=1S/C29H21ClN2O4/c1-16-6-7-17(10-19(16)12-28(34)35)11-23-22-13-21(24(30)14-26(22)32-29(23)36)18-8-9-25(31-15-18)20-4-2-3-5-27(20)33/h2-11,13-15,33H,12H2,1H3,(H,32,36)(H,34,35). The Morgan fingerprint density at radius 3 is 2.56 bits per heavy atom. The summed E-state index contributed by atoms with van der Waals surface area (Å²) in [6, 6.07) is 19.7. The van der Waals surface area contributed by atoms with Crippen molar-refractivity contribution in [3.05, 3.63) is 100 Å². The second-order valence-electron chi connectivity index (χ2n) is 8.60. The van der Waals surface area contributed by atoms with Crippen LogP contribution in [0.2, 0.25) is 5.02 Å². The summed E-state index contributed by atoms with van der Waals surface area (Å²) in [4.78, 5) is 28.5. The summed E-state index contributed by atoms with van der Waals surface area (Å²) >= 11 is 6.57. The van der Waals surface area contributed by atoms with Gasteiger partial charge in [0.2, 0.25) is 0 Å². The van der Waals surface area contributed by atoms with Gasteiger partial charge in [0.25, 0.3) is 5.91 Å². The minimum Gasteiger partial charge on any atom is -0.507 e. The zero-order valence-electron chi connectivity index (χ0n) is 19.2. The Bertz CT molecular complexity index is 1560. The maximum Gasteiger partial charge on any atom is 0.307 e. The number of benzene rings is 3. The number of para-hydroxylation sites is 1. The van der Waals surface area contributed by atoms with E-state index in [4.69, 9.17) is 11.6 Å². The monoisotopic (exact) mass is 496 g/mol. The molecule has 5 rings (SSSR count). The maximum absolute atomic E-state index is 12.8. The number of phenolic OH excluding ortho intramolecular Hbond substituents is 1. The molecule has 0 radical (unpaired) electrons. The highest BCUT2D eigenvalue weighted by molar-refractivity contribution is 6.38. The van der Waals surface area contributed by atoms with Crippen molar-refractivity contribution in [2.75, 3.05) is 5.32 Å². The molecule has 36 heavy (non-hydrogen) atoms. The van der Waals surface area contributed by atoms with E-state index in [0.29, 0.717) is 44.2 Å². The molecule has 0 atom stereocenters. The zero-order chi connectivity index (χ0) is 25.4. The Hall–Kier alpha value is -4.42. The van der Waals surface area contributed by atoms with E-state index >= 15 is 0 Å². The average Bonchev–Trinajstić information content (AvgIpc) is 3.14. The summed E-state index contributed by atoms with van der Waals surface area (Å²) in [6.45, 7) is 1.86. The van der Waals surface area contributed by atoms with Crippen LogP contribution in [0.15, 0.2) is 72.9 Å². The summed E-state index contributed by atoms with van der Waals surface area (Å²) < 4.78 is 0. The molecule has 0 fully saturated rings. The van der Waals surface area contributed by atoms with Gasteiger partial charge < -0.3 is 15.5 Å². The maximum atomic E-state index is 12.8. The number of hydrogen-bond donors (Lipinski definition) is 3. The van der Waals surface area contributed by atoms with Gasteiger partial charge in [-0.2, -0.15) is 0 Å². The molecule has 0 unspecified atom stereocenters. The van der Waals surface area contributed by atoms with E-state index in [0.717, 1.165) is 16.7 Å². The molecule has 0 bridgehead atoms. The molecule has 1 aliphatic rings. The van der Waals surface area contributed by atoms with Crippen LogP contribution in [0.25, 0.3) is 34.0 Å². The van der Waals surface area contributed by atoms with Gasteiger partial charge in [-0.1, -0.05) is 48.0 Å². The Labute approximate surface area is 212 Å². The first kappa shape index (κ1) is 23.3. The quantitative estimate of drug-likeness (QED) is 0.285. The first-order chi connectivity index (χ1) is 17.3. The molecule has 6 nitrogen and oxygen atoms in total. The number of rotatable bonds is 5. The van der Waals surface area contributed by atoms with Crippen molar-refractivity contribution >= 4 is 40.8 Å². The number of halogens is 1. The molecule has 178 valence electrons. The number of phenols is 1. The number of carbonyl (C=O) groups excluding carboxylic acids is 1. The third kappa shape index (κ3) is 4.46. The number of aliphatic carboxylic acids is 1. The van der Waals surface area contributed by atoms with Crippen molar-refractivity contribution in [3.8, 4) is 28.1 Å². The Morgan fingerprint density at radius 2 is 1.83 bits per heavy atom. The van der Waals surface area contributed by atoms with Gasteiger partial charge >= 0.3 is 5.97 Å². The number of carboxylic acid groups (broad SMARTS) is 1. The fourth-order valence-electron chi connectivity index (χ4n) is 4.28. The summed E-state index contributed by atoms with van der Waals surface area (Å²) in [5.41, 5.74) is 6.82. The average molecular weight is 497 g/mol. The predicted octanol–water partition coefficient (Wildman–Crippen LogP) is 6.20. The van der Waals surface area contributed by atoms with Gasteiger partial charge in [-0.25, -0.2) is 0 Å². The molecule has 2 heterocycles. The summed E-state index contributed by atoms with van der Waals surface area (Å²) in [6.07, 6.45) is 3.35. The lowest BCUT2D eigenvalue weighted by Gasteiger charge is -2.10. The van der Waals surface area contributed by atoms with E-state index in [-0.39, 0.29) is 18.1 Å². The molecule has 0 aliphatic carbocycles. The van der Waals surface area contributed by atoms with Crippen molar-refractivity contribution in [2.45, 2.75) is 13.3 Å². The molecular weight excluding hydrogens is 476 g/mol. The van der Waals surface area contributed by atoms with Crippen LogP contribution in [0.3, 0.4) is 0 Å². The van der Waals surface area contributed by atoms with Crippen LogP contribution in [0.5, 0.6) is 5.75 Å². The SMILES string of the molecule is Cc1ccc(C=C2C(=O)Nc3cc(Cl)c(-c4ccc(-c5ccccc5O)nc4)cc32)cc1CC(=O)O. The van der Waals surface area contributed by atoms with E-state index in [1.54, 1.807) is 42.6 Å². The van der Waals surface area contributed by atoms with Gasteiger partial charge in [-0.15, -0.1) is 0 Å². The van der Waals surface area contributed by atoms with E-state index in [9.17, 15) is 19.8 Å². The highest BCUT2D eigenvalue weighted by atomic mass is 35.5. The van der Waals surface area contributed by atoms with Crippen molar-refractivity contribution in [3.63, 3.8) is 0 Å². The van der Waals surface area contributed by atoms with E-state index in [1.165, 1.54) is 0 Å². The topological polar surface area (TPSA) is 99.5 Å². The zero-order valence-corrected chi connectivity index (χ0v) is 20.0. The highest BCUT2D eigenvalue weighted by Crippen LogP contribution is 2.41. The second-order valence-corrected chi connectivity index (χ2v) is 9.00. The number of hydrogen-bond acceptors (Lipinski definition) is 4. The third-order valence-electron chi connectivity index (χ3n) is 6.17. The lowest BCUT2D eigenvalue weighted by Crippen LogP contribution is -2.04. The molecule has 1 aromatic heterocycles. The largest absolute Gasteiger partial charge is 0.507 e. The molecule has 3 aromatic carbocycles. The number of carboxylic acids is 1. The third-order valence-corrected chi connectivity index (χ3v) is 6.48. The fraction of sp³-hybridized carbons (Fsp3) is 0.0690. The lowest BCUT2D eigenvalue weighted by atomic mass is 9.97. The van der Waals surface area contributed by atoms with Gasteiger partial charge in [0.05, 0.1) is 22.8 Å². The molecule has 1 aliphatic heterocycles. The van der Waals surface area contributed by atoms with Crippen LogP contribution in [0, 0.1) is 6.92 Å². The Balaban J connectivity index is 1.53. The van der Waals surface area contributed by atoms with Gasteiger partial charge in [-0.3, -0.25) is 14.6 Å².